The number of hydrogen-bond acceptors (Lipinski definition) is 3. The van der Waals surface area contributed by atoms with Crippen molar-refractivity contribution in [2.24, 2.45) is 5.41 Å². The number of benzene rings is 1. The molecular weight excluding hydrogens is 551 g/mol. The number of aliphatic hydroxyl groups excluding tert-OH is 1. The van der Waals surface area contributed by atoms with Crippen LogP contribution in [-0.4, -0.2) is 18.4 Å². The summed E-state index contributed by atoms with van der Waals surface area (Å²) in [6.45, 7) is 16.0. The molecule has 3 nitrogen and oxygen atoms in total. The first-order chi connectivity index (χ1) is 19.5. The molecule has 3 aliphatic rings. The van der Waals surface area contributed by atoms with Crippen LogP contribution in [0.4, 0.5) is 13.2 Å². The first-order valence-electron chi connectivity index (χ1n) is 15.7. The number of aliphatic hydroxyl groups is 1. The molecule has 0 bridgehead atoms. The number of fused-ring (bicyclic) bond motifs is 1. The molecule has 3 aliphatic carbocycles. The Hall–Kier alpha value is -1.96. The highest BCUT2D eigenvalue weighted by molar-refractivity contribution is 6.74. The molecule has 0 aliphatic heterocycles. The summed E-state index contributed by atoms with van der Waals surface area (Å²) < 4.78 is 47.4. The van der Waals surface area contributed by atoms with E-state index >= 15 is 0 Å². The van der Waals surface area contributed by atoms with Gasteiger partial charge in [0.1, 0.15) is 6.10 Å². The number of nitrogens with zero attached hydrogens (tertiary/aromatic N) is 1. The molecule has 0 saturated heterocycles. The predicted molar refractivity (Wildman–Crippen MR) is 165 cm³/mol. The van der Waals surface area contributed by atoms with E-state index in [4.69, 9.17) is 9.41 Å². The van der Waals surface area contributed by atoms with Gasteiger partial charge in [-0.25, -0.2) is 0 Å². The maximum atomic E-state index is 13.4. The van der Waals surface area contributed by atoms with Crippen molar-refractivity contribution in [1.29, 1.82) is 0 Å². The number of rotatable bonds is 6. The Labute approximate surface area is 251 Å². The Morgan fingerprint density at radius 2 is 1.64 bits per heavy atom. The van der Waals surface area contributed by atoms with Crippen molar-refractivity contribution in [1.82, 2.24) is 4.98 Å². The fraction of sp³-hybridized carbons (Fsp3) is 0.629. The molecule has 0 amide bonds. The van der Waals surface area contributed by atoms with E-state index in [2.05, 4.69) is 59.9 Å². The van der Waals surface area contributed by atoms with Crippen LogP contribution >= 0.6 is 0 Å². The molecule has 0 radical (unpaired) electrons. The third-order valence-corrected chi connectivity index (χ3v) is 14.8. The van der Waals surface area contributed by atoms with Crippen LogP contribution in [0, 0.1) is 5.41 Å². The second kappa shape index (κ2) is 11.2. The summed E-state index contributed by atoms with van der Waals surface area (Å²) in [5.41, 5.74) is 4.91. The summed E-state index contributed by atoms with van der Waals surface area (Å²) in [6, 6.07) is 5.04. The number of alkyl halides is 3. The number of pyridine rings is 1. The van der Waals surface area contributed by atoms with Gasteiger partial charge in [0, 0.05) is 28.7 Å². The molecule has 5 rings (SSSR count). The predicted octanol–water partition coefficient (Wildman–Crippen LogP) is 10.3. The van der Waals surface area contributed by atoms with Crippen molar-refractivity contribution < 1.29 is 22.7 Å². The van der Waals surface area contributed by atoms with E-state index in [1.165, 1.54) is 12.1 Å². The topological polar surface area (TPSA) is 42.4 Å². The molecule has 1 heterocycles. The second-order valence-electron chi connectivity index (χ2n) is 15.2. The molecule has 42 heavy (non-hydrogen) atoms. The van der Waals surface area contributed by atoms with Crippen molar-refractivity contribution in [3.05, 3.63) is 75.6 Å². The summed E-state index contributed by atoms with van der Waals surface area (Å²) in [4.78, 5) is 5.44. The number of halogens is 3. The molecule has 230 valence electrons. The monoisotopic (exact) mass is 599 g/mol. The average molecular weight is 600 g/mol. The fourth-order valence-electron chi connectivity index (χ4n) is 7.05. The van der Waals surface area contributed by atoms with Gasteiger partial charge < -0.3 is 9.53 Å². The Balaban J connectivity index is 1.75. The van der Waals surface area contributed by atoms with Crippen LogP contribution < -0.4 is 0 Å². The lowest BCUT2D eigenvalue weighted by molar-refractivity contribution is -0.137. The van der Waals surface area contributed by atoms with Crippen LogP contribution in [0.15, 0.2) is 36.4 Å². The van der Waals surface area contributed by atoms with Gasteiger partial charge in [-0.2, -0.15) is 13.2 Å². The molecule has 1 saturated carbocycles. The summed E-state index contributed by atoms with van der Waals surface area (Å²) in [5, 5.41) is 12.2. The van der Waals surface area contributed by atoms with Gasteiger partial charge in [0.25, 0.3) is 0 Å². The molecule has 2 unspecified atom stereocenters. The Morgan fingerprint density at radius 1 is 1.00 bits per heavy atom. The zero-order valence-corrected chi connectivity index (χ0v) is 27.4. The molecule has 2 aromatic rings. The highest BCUT2D eigenvalue weighted by Crippen LogP contribution is 2.53. The average Bonchev–Trinajstić information content (AvgIpc) is 3.60. The number of aromatic nitrogens is 1. The summed E-state index contributed by atoms with van der Waals surface area (Å²) >= 11 is 0. The molecule has 1 N–H and O–H groups in total. The van der Waals surface area contributed by atoms with Crippen molar-refractivity contribution in [3.63, 3.8) is 0 Å². The lowest BCUT2D eigenvalue weighted by atomic mass is 9.70. The van der Waals surface area contributed by atoms with Crippen LogP contribution in [0.5, 0.6) is 0 Å². The van der Waals surface area contributed by atoms with E-state index < -0.39 is 26.2 Å². The minimum atomic E-state index is -4.42. The highest BCUT2D eigenvalue weighted by atomic mass is 28.4. The van der Waals surface area contributed by atoms with Gasteiger partial charge >= 0.3 is 6.18 Å². The first kappa shape index (κ1) is 31.5. The van der Waals surface area contributed by atoms with Crippen molar-refractivity contribution in [3.8, 4) is 0 Å². The van der Waals surface area contributed by atoms with Gasteiger partial charge in [0.2, 0.25) is 0 Å². The molecular formula is C35H48F3NO2Si. The van der Waals surface area contributed by atoms with Crippen LogP contribution in [0.25, 0.3) is 0 Å². The van der Waals surface area contributed by atoms with E-state index in [1.54, 1.807) is 0 Å². The zero-order valence-electron chi connectivity index (χ0n) is 26.4. The van der Waals surface area contributed by atoms with E-state index in [0.717, 1.165) is 91.6 Å². The SMILES string of the molecule is CC1(C)Cc2nc(C3CCCC3)c([C@H](O)c3ccc(C(F)(F)F)cc3)c(C3C=CCC3)c2C(O[Si](C)(C)C(C)(C)C)C1. The number of allylic oxidation sites excluding steroid dienone is 2. The van der Waals surface area contributed by atoms with E-state index in [1.807, 2.05) is 0 Å². The molecule has 0 spiro atoms. The molecule has 1 aromatic heterocycles. The van der Waals surface area contributed by atoms with Gasteiger partial charge in [-0.15, -0.1) is 0 Å². The minimum Gasteiger partial charge on any atom is -0.410 e. The van der Waals surface area contributed by atoms with Gasteiger partial charge in [-0.05, 0) is 85.3 Å². The Morgan fingerprint density at radius 3 is 2.19 bits per heavy atom. The van der Waals surface area contributed by atoms with E-state index in [0.29, 0.717) is 5.56 Å². The maximum absolute atomic E-state index is 13.4. The van der Waals surface area contributed by atoms with Crippen LogP contribution in [0.3, 0.4) is 0 Å². The van der Waals surface area contributed by atoms with Crippen molar-refractivity contribution >= 4 is 8.32 Å². The lowest BCUT2D eigenvalue weighted by Crippen LogP contribution is -2.44. The summed E-state index contributed by atoms with van der Waals surface area (Å²) in [6.07, 6.45) is 6.78. The number of hydrogen-bond donors (Lipinski definition) is 1. The van der Waals surface area contributed by atoms with Crippen molar-refractivity contribution in [2.75, 3.05) is 0 Å². The van der Waals surface area contributed by atoms with Gasteiger partial charge in [0.15, 0.2) is 8.32 Å². The first-order valence-corrected chi connectivity index (χ1v) is 18.7. The Kier molecular flexibility index (Phi) is 8.38. The normalized spacial score (nSPS) is 23.8. The fourth-order valence-corrected chi connectivity index (χ4v) is 8.32. The smallest absolute Gasteiger partial charge is 0.410 e. The second-order valence-corrected chi connectivity index (χ2v) is 20.0. The summed E-state index contributed by atoms with van der Waals surface area (Å²) in [5.74, 6) is 0.357. The van der Waals surface area contributed by atoms with Crippen LogP contribution in [0.1, 0.15) is 143 Å². The lowest BCUT2D eigenvalue weighted by Gasteiger charge is -2.45. The zero-order chi connectivity index (χ0) is 30.7. The molecule has 7 heteroatoms. The van der Waals surface area contributed by atoms with E-state index in [-0.39, 0.29) is 28.4 Å². The van der Waals surface area contributed by atoms with E-state index in [9.17, 15) is 18.3 Å². The highest BCUT2D eigenvalue weighted by Gasteiger charge is 2.46. The quantitative estimate of drug-likeness (QED) is 0.265. The third-order valence-electron chi connectivity index (χ3n) is 10.3. The van der Waals surface area contributed by atoms with Gasteiger partial charge in [0.05, 0.1) is 17.4 Å². The van der Waals surface area contributed by atoms with Crippen LogP contribution in [-0.2, 0) is 17.0 Å². The maximum Gasteiger partial charge on any atom is 0.416 e. The third kappa shape index (κ3) is 6.16. The minimum absolute atomic E-state index is 0.0102. The standard InChI is InChI=1S/C35H48F3NO2Si/c1-33(2,3)42(6,7)41-27-21-34(4,5)20-26-29(27)28(22-12-8-9-13-22)30(31(39-26)23-14-10-11-15-23)32(40)24-16-18-25(19-17-24)35(36,37)38/h8,12,16-19,22-23,27,32,40H,9-11,13-15,20-21H2,1-7H3/t22?,27?,32-/m1/s1. The largest absolute Gasteiger partial charge is 0.416 e. The summed E-state index contributed by atoms with van der Waals surface area (Å²) in [7, 11) is -2.17. The van der Waals surface area contributed by atoms with Gasteiger partial charge in [-0.1, -0.05) is 71.7 Å². The molecule has 3 atom stereocenters. The molecule has 1 fully saturated rings. The van der Waals surface area contributed by atoms with Crippen LogP contribution in [0.2, 0.25) is 18.1 Å². The Bertz CT molecular complexity index is 1320. The molecule has 1 aromatic carbocycles. The van der Waals surface area contributed by atoms with Crippen molar-refractivity contribution in [2.45, 2.75) is 134 Å². The van der Waals surface area contributed by atoms with Gasteiger partial charge in [-0.3, -0.25) is 4.98 Å².